The van der Waals surface area contributed by atoms with Crippen molar-refractivity contribution in [2.24, 2.45) is 0 Å². The van der Waals surface area contributed by atoms with Crippen LogP contribution in [0.3, 0.4) is 0 Å². The molecule has 1 aliphatic heterocycles. The van der Waals surface area contributed by atoms with Gasteiger partial charge in [-0.15, -0.1) is 0 Å². The molecule has 0 unspecified atom stereocenters. The molecule has 4 nitrogen and oxygen atoms in total. The van der Waals surface area contributed by atoms with Crippen molar-refractivity contribution in [1.82, 2.24) is 4.90 Å². The average Bonchev–Trinajstić information content (AvgIpc) is 2.47. The molecule has 0 spiro atoms. The van der Waals surface area contributed by atoms with Crippen LogP contribution >= 0.6 is 0 Å². The molecule has 0 aliphatic carbocycles. The van der Waals surface area contributed by atoms with E-state index >= 15 is 0 Å². The zero-order chi connectivity index (χ0) is 14.4. The fourth-order valence-corrected chi connectivity index (χ4v) is 2.64. The summed E-state index contributed by atoms with van der Waals surface area (Å²) in [5.41, 5.74) is 2.54. The largest absolute Gasteiger partial charge is 0.481 e. The van der Waals surface area contributed by atoms with Crippen LogP contribution in [0.5, 0.6) is 0 Å². The number of hydrogen-bond donors (Lipinski definition) is 1. The third-order valence-corrected chi connectivity index (χ3v) is 3.82. The lowest BCUT2D eigenvalue weighted by molar-refractivity contribution is -0.137. The summed E-state index contributed by atoms with van der Waals surface area (Å²) in [6.45, 7) is 3.71. The number of rotatable bonds is 6. The van der Waals surface area contributed by atoms with E-state index in [0.29, 0.717) is 6.54 Å². The van der Waals surface area contributed by atoms with Gasteiger partial charge >= 0.3 is 5.97 Å². The normalized spacial score (nSPS) is 15.6. The van der Waals surface area contributed by atoms with Gasteiger partial charge < -0.3 is 14.9 Å². The van der Waals surface area contributed by atoms with E-state index in [4.69, 9.17) is 5.11 Å². The summed E-state index contributed by atoms with van der Waals surface area (Å²) >= 11 is 0. The fourth-order valence-electron chi connectivity index (χ4n) is 2.64. The Balaban J connectivity index is 1.85. The molecule has 110 valence electrons. The maximum Gasteiger partial charge on any atom is 0.304 e. The highest BCUT2D eigenvalue weighted by Crippen LogP contribution is 2.20. The quantitative estimate of drug-likeness (QED) is 0.867. The van der Waals surface area contributed by atoms with Gasteiger partial charge in [0.1, 0.15) is 0 Å². The second-order valence-corrected chi connectivity index (χ2v) is 5.60. The number of carbonyl (C=O) groups is 1. The van der Waals surface area contributed by atoms with E-state index in [-0.39, 0.29) is 6.42 Å². The molecule has 0 atom stereocenters. The van der Waals surface area contributed by atoms with Gasteiger partial charge in [0.2, 0.25) is 0 Å². The summed E-state index contributed by atoms with van der Waals surface area (Å²) in [6, 6.07) is 8.68. The number of piperidine rings is 1. The first-order valence-corrected chi connectivity index (χ1v) is 7.39. The van der Waals surface area contributed by atoms with Gasteiger partial charge in [0.05, 0.1) is 6.42 Å². The van der Waals surface area contributed by atoms with Gasteiger partial charge in [-0.3, -0.25) is 4.79 Å². The molecule has 1 aromatic rings. The standard InChI is InChI=1S/C16H24N2O2/c1-17(12-9-16(19)20)13-14-5-7-15(8-6-14)18-10-3-2-4-11-18/h5-8H,2-4,9-13H2,1H3,(H,19,20). The minimum atomic E-state index is -0.739. The summed E-state index contributed by atoms with van der Waals surface area (Å²) in [5, 5.41) is 8.68. The second kappa shape index (κ2) is 7.29. The van der Waals surface area contributed by atoms with E-state index in [1.807, 2.05) is 11.9 Å². The Morgan fingerprint density at radius 2 is 1.85 bits per heavy atom. The molecule has 0 amide bonds. The number of aliphatic carboxylic acids is 1. The van der Waals surface area contributed by atoms with Crippen LogP contribution in [-0.2, 0) is 11.3 Å². The van der Waals surface area contributed by atoms with E-state index in [1.54, 1.807) is 0 Å². The lowest BCUT2D eigenvalue weighted by atomic mass is 10.1. The molecular formula is C16H24N2O2. The van der Waals surface area contributed by atoms with Crippen molar-refractivity contribution in [3.63, 3.8) is 0 Å². The van der Waals surface area contributed by atoms with Crippen LogP contribution in [0, 0.1) is 0 Å². The van der Waals surface area contributed by atoms with Crippen LogP contribution in [0.2, 0.25) is 0 Å². The highest BCUT2D eigenvalue weighted by Gasteiger charge is 2.10. The molecule has 1 N–H and O–H groups in total. The van der Waals surface area contributed by atoms with Gasteiger partial charge in [0, 0.05) is 31.9 Å². The van der Waals surface area contributed by atoms with Gasteiger partial charge in [0.15, 0.2) is 0 Å². The molecule has 2 rings (SSSR count). The molecule has 1 fully saturated rings. The first-order valence-electron chi connectivity index (χ1n) is 7.39. The SMILES string of the molecule is CN(CCC(=O)O)Cc1ccc(N2CCCCC2)cc1. The fraction of sp³-hybridized carbons (Fsp3) is 0.562. The van der Waals surface area contributed by atoms with E-state index in [2.05, 4.69) is 29.2 Å². The maximum atomic E-state index is 10.5. The monoisotopic (exact) mass is 276 g/mol. The number of carboxylic acid groups (broad SMARTS) is 1. The zero-order valence-electron chi connectivity index (χ0n) is 12.2. The molecule has 0 bridgehead atoms. The van der Waals surface area contributed by atoms with Crippen molar-refractivity contribution in [2.75, 3.05) is 31.6 Å². The van der Waals surface area contributed by atoms with Crippen LogP contribution in [0.1, 0.15) is 31.2 Å². The van der Waals surface area contributed by atoms with Crippen LogP contribution in [0.4, 0.5) is 5.69 Å². The molecule has 1 heterocycles. The molecule has 4 heteroatoms. The Bertz CT molecular complexity index is 425. The van der Waals surface area contributed by atoms with Gasteiger partial charge in [0.25, 0.3) is 0 Å². The van der Waals surface area contributed by atoms with Gasteiger partial charge in [-0.2, -0.15) is 0 Å². The lowest BCUT2D eigenvalue weighted by Gasteiger charge is -2.29. The van der Waals surface area contributed by atoms with Gasteiger partial charge in [-0.05, 0) is 44.0 Å². The van der Waals surface area contributed by atoms with Crippen molar-refractivity contribution in [3.05, 3.63) is 29.8 Å². The first kappa shape index (κ1) is 14.9. The molecular weight excluding hydrogens is 252 g/mol. The molecule has 1 saturated heterocycles. The molecule has 1 aliphatic rings. The lowest BCUT2D eigenvalue weighted by Crippen LogP contribution is -2.29. The summed E-state index contributed by atoms with van der Waals surface area (Å²) in [6.07, 6.45) is 4.13. The summed E-state index contributed by atoms with van der Waals surface area (Å²) < 4.78 is 0. The van der Waals surface area contributed by atoms with E-state index < -0.39 is 5.97 Å². The van der Waals surface area contributed by atoms with Crippen molar-refractivity contribution in [3.8, 4) is 0 Å². The maximum absolute atomic E-state index is 10.5. The topological polar surface area (TPSA) is 43.8 Å². The predicted octanol–water partition coefficient (Wildman–Crippen LogP) is 2.58. The molecule has 0 saturated carbocycles. The Labute approximate surface area is 121 Å². The van der Waals surface area contributed by atoms with Gasteiger partial charge in [-0.25, -0.2) is 0 Å². The minimum Gasteiger partial charge on any atom is -0.481 e. The van der Waals surface area contributed by atoms with Crippen LogP contribution in [0.25, 0.3) is 0 Å². The van der Waals surface area contributed by atoms with E-state index in [0.717, 1.165) is 19.6 Å². The number of nitrogens with zero attached hydrogens (tertiary/aromatic N) is 2. The van der Waals surface area contributed by atoms with E-state index in [9.17, 15) is 4.79 Å². The van der Waals surface area contributed by atoms with E-state index in [1.165, 1.54) is 30.5 Å². The number of benzene rings is 1. The third kappa shape index (κ3) is 4.53. The number of carboxylic acids is 1. The number of hydrogen-bond acceptors (Lipinski definition) is 3. The Morgan fingerprint density at radius 1 is 1.20 bits per heavy atom. The number of anilines is 1. The van der Waals surface area contributed by atoms with Crippen LogP contribution < -0.4 is 4.90 Å². The van der Waals surface area contributed by atoms with Crippen molar-refractivity contribution in [1.29, 1.82) is 0 Å². The van der Waals surface area contributed by atoms with Gasteiger partial charge in [-0.1, -0.05) is 12.1 Å². The third-order valence-electron chi connectivity index (χ3n) is 3.82. The summed E-state index contributed by atoms with van der Waals surface area (Å²) in [4.78, 5) is 15.0. The molecule has 1 aromatic carbocycles. The highest BCUT2D eigenvalue weighted by molar-refractivity contribution is 5.66. The predicted molar refractivity (Wildman–Crippen MR) is 81.1 cm³/mol. The first-order chi connectivity index (χ1) is 9.65. The Morgan fingerprint density at radius 3 is 2.45 bits per heavy atom. The average molecular weight is 276 g/mol. The Kier molecular flexibility index (Phi) is 5.41. The second-order valence-electron chi connectivity index (χ2n) is 5.60. The molecule has 0 aromatic heterocycles. The van der Waals surface area contributed by atoms with Crippen molar-refractivity contribution >= 4 is 11.7 Å². The zero-order valence-corrected chi connectivity index (χ0v) is 12.2. The van der Waals surface area contributed by atoms with Crippen molar-refractivity contribution in [2.45, 2.75) is 32.2 Å². The van der Waals surface area contributed by atoms with Crippen LogP contribution in [0.15, 0.2) is 24.3 Å². The summed E-state index contributed by atoms with van der Waals surface area (Å²) in [7, 11) is 1.96. The highest BCUT2D eigenvalue weighted by atomic mass is 16.4. The molecule has 20 heavy (non-hydrogen) atoms. The summed E-state index contributed by atoms with van der Waals surface area (Å²) in [5.74, 6) is -0.739. The smallest absolute Gasteiger partial charge is 0.304 e. The Hall–Kier alpha value is -1.55. The minimum absolute atomic E-state index is 0.197. The molecule has 0 radical (unpaired) electrons. The van der Waals surface area contributed by atoms with Crippen molar-refractivity contribution < 1.29 is 9.90 Å². The van der Waals surface area contributed by atoms with Crippen LogP contribution in [-0.4, -0.2) is 42.7 Å².